The number of nitrogens with zero attached hydrogens (tertiary/aromatic N) is 3. The Bertz CT molecular complexity index is 1100. The number of aromatic nitrogens is 2. The fraction of sp³-hybridized carbons (Fsp3) is 0.385. The second-order valence-corrected chi connectivity index (χ2v) is 9.79. The molecule has 2 aliphatic rings. The minimum Gasteiger partial charge on any atom is -0.352 e. The Morgan fingerprint density at radius 2 is 1.78 bits per heavy atom. The van der Waals surface area contributed by atoms with Crippen molar-refractivity contribution in [3.8, 4) is 5.69 Å². The molecule has 166 valence electrons. The molecule has 1 aliphatic carbocycles. The molecule has 1 saturated heterocycles. The van der Waals surface area contributed by atoms with Crippen molar-refractivity contribution in [3.05, 3.63) is 82.4 Å². The Morgan fingerprint density at radius 1 is 1.03 bits per heavy atom. The van der Waals surface area contributed by atoms with Crippen molar-refractivity contribution < 1.29 is 0 Å². The Kier molecular flexibility index (Phi) is 5.95. The first-order valence-electron chi connectivity index (χ1n) is 11.5. The lowest BCUT2D eigenvalue weighted by atomic mass is 9.90. The summed E-state index contributed by atoms with van der Waals surface area (Å²) in [4.78, 5) is 7.19. The highest BCUT2D eigenvalue weighted by Gasteiger charge is 2.44. The highest BCUT2D eigenvalue weighted by Crippen LogP contribution is 2.44. The van der Waals surface area contributed by atoms with Gasteiger partial charge in [0.2, 0.25) is 0 Å². The molecule has 4 nitrogen and oxygen atoms in total. The average Bonchev–Trinajstić information content (AvgIpc) is 3.31. The van der Waals surface area contributed by atoms with Crippen molar-refractivity contribution in [2.75, 3.05) is 0 Å². The molecule has 3 heterocycles. The van der Waals surface area contributed by atoms with Crippen LogP contribution in [0.4, 0.5) is 0 Å². The highest BCUT2D eigenvalue weighted by molar-refractivity contribution is 7.80. The van der Waals surface area contributed by atoms with E-state index in [1.165, 1.54) is 49.1 Å². The zero-order valence-corrected chi connectivity index (χ0v) is 20.2. The Hall–Kier alpha value is -2.37. The molecule has 3 aromatic rings. The summed E-state index contributed by atoms with van der Waals surface area (Å²) in [5.74, 6) is 0. The molecule has 1 aromatic carbocycles. The fourth-order valence-corrected chi connectivity index (χ4v) is 6.04. The zero-order valence-electron chi connectivity index (χ0n) is 18.6. The van der Waals surface area contributed by atoms with E-state index in [1.807, 2.05) is 24.4 Å². The molecule has 0 bridgehead atoms. The van der Waals surface area contributed by atoms with Crippen LogP contribution < -0.4 is 5.32 Å². The van der Waals surface area contributed by atoms with E-state index in [1.54, 1.807) is 0 Å². The van der Waals surface area contributed by atoms with Crippen LogP contribution in [-0.4, -0.2) is 25.6 Å². The lowest BCUT2D eigenvalue weighted by Gasteiger charge is -2.37. The van der Waals surface area contributed by atoms with E-state index in [2.05, 4.69) is 59.0 Å². The molecule has 2 aromatic heterocycles. The molecule has 2 atom stereocenters. The normalized spacial score (nSPS) is 21.7. The molecule has 1 aliphatic heterocycles. The van der Waals surface area contributed by atoms with Crippen LogP contribution in [0, 0.1) is 13.8 Å². The van der Waals surface area contributed by atoms with Crippen LogP contribution in [0.2, 0.25) is 5.02 Å². The molecular formula is C26H29ClN4S. The van der Waals surface area contributed by atoms with Crippen molar-refractivity contribution in [1.29, 1.82) is 0 Å². The van der Waals surface area contributed by atoms with Gasteiger partial charge in [0.25, 0.3) is 0 Å². The summed E-state index contributed by atoms with van der Waals surface area (Å²) in [7, 11) is 0. The zero-order chi connectivity index (χ0) is 22.2. The van der Waals surface area contributed by atoms with Gasteiger partial charge in [0.1, 0.15) is 0 Å². The Labute approximate surface area is 200 Å². The number of hydrogen-bond acceptors (Lipinski definition) is 2. The molecule has 0 amide bonds. The van der Waals surface area contributed by atoms with E-state index < -0.39 is 0 Å². The minimum absolute atomic E-state index is 0.0322. The maximum absolute atomic E-state index is 6.15. The van der Waals surface area contributed by atoms with E-state index in [9.17, 15) is 0 Å². The second kappa shape index (κ2) is 8.87. The van der Waals surface area contributed by atoms with Crippen LogP contribution in [0.5, 0.6) is 0 Å². The smallest absolute Gasteiger partial charge is 0.170 e. The van der Waals surface area contributed by atoms with E-state index >= 15 is 0 Å². The van der Waals surface area contributed by atoms with E-state index in [0.29, 0.717) is 6.04 Å². The van der Waals surface area contributed by atoms with Crippen molar-refractivity contribution >= 4 is 28.9 Å². The topological polar surface area (TPSA) is 33.1 Å². The van der Waals surface area contributed by atoms with Crippen molar-refractivity contribution in [1.82, 2.24) is 19.8 Å². The summed E-state index contributed by atoms with van der Waals surface area (Å²) in [5, 5.41) is 5.24. The Balaban J connectivity index is 1.62. The van der Waals surface area contributed by atoms with Gasteiger partial charge in [0.15, 0.2) is 5.11 Å². The summed E-state index contributed by atoms with van der Waals surface area (Å²) in [6.45, 7) is 4.39. The van der Waals surface area contributed by atoms with E-state index in [4.69, 9.17) is 28.8 Å². The van der Waals surface area contributed by atoms with Crippen molar-refractivity contribution in [2.45, 2.75) is 64.1 Å². The first-order chi connectivity index (χ1) is 15.5. The van der Waals surface area contributed by atoms with Gasteiger partial charge < -0.3 is 14.8 Å². The molecule has 1 saturated carbocycles. The molecule has 32 heavy (non-hydrogen) atoms. The molecule has 5 rings (SSSR count). The number of aryl methyl sites for hydroxylation is 1. The van der Waals surface area contributed by atoms with Gasteiger partial charge in [-0.1, -0.05) is 36.9 Å². The van der Waals surface area contributed by atoms with Gasteiger partial charge in [0.05, 0.1) is 17.8 Å². The van der Waals surface area contributed by atoms with Crippen molar-refractivity contribution in [3.63, 3.8) is 0 Å². The van der Waals surface area contributed by atoms with Crippen molar-refractivity contribution in [2.24, 2.45) is 0 Å². The van der Waals surface area contributed by atoms with Gasteiger partial charge in [-0.15, -0.1) is 0 Å². The molecule has 6 heteroatoms. The first kappa shape index (κ1) is 21.5. The van der Waals surface area contributed by atoms with Gasteiger partial charge in [-0.25, -0.2) is 0 Å². The summed E-state index contributed by atoms with van der Waals surface area (Å²) < 4.78 is 2.32. The maximum Gasteiger partial charge on any atom is 0.170 e. The SMILES string of the molecule is Cc1cc([C@H]2[C@H](c3ccccn3)NC(=S)N2C2CCCCC2)c(C)n1-c1ccc(Cl)cc1. The summed E-state index contributed by atoms with van der Waals surface area (Å²) in [6, 6.07) is 17.2. The average molecular weight is 465 g/mol. The van der Waals surface area contributed by atoms with Crippen LogP contribution in [0.15, 0.2) is 54.7 Å². The number of rotatable bonds is 4. The molecule has 0 radical (unpaired) electrons. The minimum atomic E-state index is 0.0322. The van der Waals surface area contributed by atoms with Crippen LogP contribution in [0.1, 0.15) is 66.8 Å². The molecular weight excluding hydrogens is 436 g/mol. The summed E-state index contributed by atoms with van der Waals surface area (Å²) in [6.07, 6.45) is 8.14. The Morgan fingerprint density at radius 3 is 2.47 bits per heavy atom. The predicted molar refractivity (Wildman–Crippen MR) is 134 cm³/mol. The fourth-order valence-electron chi connectivity index (χ4n) is 5.53. The van der Waals surface area contributed by atoms with Gasteiger partial charge in [-0.05, 0) is 86.9 Å². The highest BCUT2D eigenvalue weighted by atomic mass is 35.5. The lowest BCUT2D eigenvalue weighted by molar-refractivity contribution is 0.197. The van der Waals surface area contributed by atoms with E-state index in [0.717, 1.165) is 21.5 Å². The molecule has 2 fully saturated rings. The van der Waals surface area contributed by atoms with Crippen LogP contribution in [0.25, 0.3) is 5.69 Å². The number of hydrogen-bond donors (Lipinski definition) is 1. The largest absolute Gasteiger partial charge is 0.352 e. The van der Waals surface area contributed by atoms with Gasteiger partial charge in [-0.2, -0.15) is 0 Å². The summed E-state index contributed by atoms with van der Waals surface area (Å²) >= 11 is 12.1. The third-order valence-corrected chi connectivity index (χ3v) is 7.56. The van der Waals surface area contributed by atoms with Crippen LogP contribution >= 0.6 is 23.8 Å². The number of benzene rings is 1. The van der Waals surface area contributed by atoms with Crippen LogP contribution in [-0.2, 0) is 0 Å². The van der Waals surface area contributed by atoms with Crippen LogP contribution in [0.3, 0.4) is 0 Å². The third kappa shape index (κ3) is 3.82. The quantitative estimate of drug-likeness (QED) is 0.450. The number of thiocarbonyl (C=S) groups is 1. The number of halogens is 1. The lowest BCUT2D eigenvalue weighted by Crippen LogP contribution is -2.40. The van der Waals surface area contributed by atoms with E-state index in [-0.39, 0.29) is 12.1 Å². The number of pyridine rings is 1. The molecule has 0 unspecified atom stereocenters. The van der Waals surface area contributed by atoms with Gasteiger partial charge in [0, 0.05) is 34.3 Å². The predicted octanol–water partition coefficient (Wildman–Crippen LogP) is 6.45. The summed E-state index contributed by atoms with van der Waals surface area (Å²) in [5.41, 5.74) is 5.92. The third-order valence-electron chi connectivity index (χ3n) is 6.98. The van der Waals surface area contributed by atoms with Gasteiger partial charge >= 0.3 is 0 Å². The monoisotopic (exact) mass is 464 g/mol. The molecule has 0 spiro atoms. The molecule has 1 N–H and O–H groups in total. The standard InChI is InChI=1S/C26H29ClN4S/c1-17-16-22(18(2)30(17)21-13-11-19(27)12-14-21)25-24(23-10-6-7-15-28-23)29-26(32)31(25)20-8-4-3-5-9-20/h6-7,10-16,20,24-25H,3-5,8-9H2,1-2H3,(H,29,32)/t24-,25-/m0/s1. The number of nitrogens with one attached hydrogen (secondary N) is 1. The van der Waals surface area contributed by atoms with Gasteiger partial charge in [-0.3, -0.25) is 4.98 Å². The maximum atomic E-state index is 6.15. The second-order valence-electron chi connectivity index (χ2n) is 8.96. The first-order valence-corrected chi connectivity index (χ1v) is 12.3.